The van der Waals surface area contributed by atoms with E-state index in [0.29, 0.717) is 0 Å². The van der Waals surface area contributed by atoms with Crippen molar-refractivity contribution in [2.45, 2.75) is 19.4 Å². The standard InChI is InChI=1S/C15H24N2O.ClH/c16-8-10-17(9-6-15-7-11-18-13-15)12-14-4-2-1-3-5-14;/h1-5,15H,6-13,16H2;1H. The Morgan fingerprint density at radius 3 is 2.63 bits per heavy atom. The highest BCUT2D eigenvalue weighted by atomic mass is 35.5. The molecule has 1 aromatic carbocycles. The van der Waals surface area contributed by atoms with Crippen molar-refractivity contribution >= 4 is 12.4 Å². The van der Waals surface area contributed by atoms with Crippen LogP contribution in [0.4, 0.5) is 0 Å². The highest BCUT2D eigenvalue weighted by molar-refractivity contribution is 5.85. The van der Waals surface area contributed by atoms with Gasteiger partial charge in [-0.15, -0.1) is 12.4 Å². The van der Waals surface area contributed by atoms with E-state index < -0.39 is 0 Å². The van der Waals surface area contributed by atoms with Crippen LogP contribution in [0.15, 0.2) is 30.3 Å². The quantitative estimate of drug-likeness (QED) is 0.835. The van der Waals surface area contributed by atoms with Crippen molar-refractivity contribution in [3.05, 3.63) is 35.9 Å². The number of hydrogen-bond acceptors (Lipinski definition) is 3. The Hall–Kier alpha value is -0.610. The first-order chi connectivity index (χ1) is 8.88. The highest BCUT2D eigenvalue weighted by Gasteiger charge is 2.16. The molecule has 1 heterocycles. The van der Waals surface area contributed by atoms with E-state index in [1.807, 2.05) is 0 Å². The summed E-state index contributed by atoms with van der Waals surface area (Å²) in [4.78, 5) is 2.45. The molecule has 0 bridgehead atoms. The Morgan fingerprint density at radius 1 is 1.21 bits per heavy atom. The van der Waals surface area contributed by atoms with Crippen LogP contribution in [0.25, 0.3) is 0 Å². The third-order valence-corrected chi connectivity index (χ3v) is 3.57. The molecule has 0 radical (unpaired) electrons. The fourth-order valence-electron chi connectivity index (χ4n) is 2.47. The number of nitrogens with two attached hydrogens (primary N) is 1. The fourth-order valence-corrected chi connectivity index (χ4v) is 2.47. The fraction of sp³-hybridized carbons (Fsp3) is 0.600. The molecule has 2 N–H and O–H groups in total. The minimum absolute atomic E-state index is 0. The maximum absolute atomic E-state index is 5.70. The van der Waals surface area contributed by atoms with E-state index in [9.17, 15) is 0 Å². The molecule has 19 heavy (non-hydrogen) atoms. The van der Waals surface area contributed by atoms with Gasteiger partial charge in [-0.3, -0.25) is 4.90 Å². The van der Waals surface area contributed by atoms with E-state index in [1.165, 1.54) is 18.4 Å². The van der Waals surface area contributed by atoms with E-state index in [4.69, 9.17) is 10.5 Å². The minimum Gasteiger partial charge on any atom is -0.381 e. The number of halogens is 1. The van der Waals surface area contributed by atoms with Gasteiger partial charge in [-0.25, -0.2) is 0 Å². The van der Waals surface area contributed by atoms with Crippen LogP contribution >= 0.6 is 12.4 Å². The molecule has 108 valence electrons. The lowest BCUT2D eigenvalue weighted by atomic mass is 10.0. The van der Waals surface area contributed by atoms with Crippen molar-refractivity contribution in [1.29, 1.82) is 0 Å². The van der Waals surface area contributed by atoms with Gasteiger partial charge in [-0.1, -0.05) is 30.3 Å². The Kier molecular flexibility index (Phi) is 8.07. The van der Waals surface area contributed by atoms with Crippen LogP contribution in [0.5, 0.6) is 0 Å². The molecule has 2 rings (SSSR count). The predicted molar refractivity (Wildman–Crippen MR) is 81.6 cm³/mol. The first-order valence-corrected chi connectivity index (χ1v) is 6.92. The van der Waals surface area contributed by atoms with Gasteiger partial charge < -0.3 is 10.5 Å². The molecule has 3 nitrogen and oxygen atoms in total. The average Bonchev–Trinajstić information content (AvgIpc) is 2.91. The predicted octanol–water partition coefficient (Wildman–Crippen LogP) is 2.30. The monoisotopic (exact) mass is 284 g/mol. The Labute approximate surface area is 122 Å². The van der Waals surface area contributed by atoms with Gasteiger partial charge in [0.1, 0.15) is 0 Å². The van der Waals surface area contributed by atoms with Crippen molar-refractivity contribution in [1.82, 2.24) is 4.90 Å². The summed E-state index contributed by atoms with van der Waals surface area (Å²) in [6.07, 6.45) is 2.45. The molecule has 4 heteroatoms. The number of hydrogen-bond donors (Lipinski definition) is 1. The summed E-state index contributed by atoms with van der Waals surface area (Å²) >= 11 is 0. The summed E-state index contributed by atoms with van der Waals surface area (Å²) in [5.41, 5.74) is 7.07. The Balaban J connectivity index is 0.00000180. The lowest BCUT2D eigenvalue weighted by Gasteiger charge is -2.23. The molecule has 0 amide bonds. The van der Waals surface area contributed by atoms with Crippen LogP contribution < -0.4 is 5.73 Å². The largest absolute Gasteiger partial charge is 0.381 e. The lowest BCUT2D eigenvalue weighted by molar-refractivity contribution is 0.177. The molecule has 1 saturated heterocycles. The van der Waals surface area contributed by atoms with E-state index >= 15 is 0 Å². The summed E-state index contributed by atoms with van der Waals surface area (Å²) in [5, 5.41) is 0. The normalized spacial score (nSPS) is 18.5. The molecule has 1 aliphatic rings. The average molecular weight is 285 g/mol. The Bertz CT molecular complexity index is 328. The van der Waals surface area contributed by atoms with E-state index in [-0.39, 0.29) is 12.4 Å². The molecule has 1 aromatic rings. The topological polar surface area (TPSA) is 38.5 Å². The number of nitrogens with zero attached hydrogens (tertiary/aromatic N) is 1. The number of rotatable bonds is 7. The van der Waals surface area contributed by atoms with E-state index in [1.54, 1.807) is 0 Å². The zero-order valence-electron chi connectivity index (χ0n) is 11.5. The first kappa shape index (κ1) is 16.4. The third kappa shape index (κ3) is 5.91. The van der Waals surface area contributed by atoms with Crippen molar-refractivity contribution in [2.24, 2.45) is 11.7 Å². The zero-order valence-corrected chi connectivity index (χ0v) is 12.3. The molecule has 1 atom stereocenters. The second-order valence-electron chi connectivity index (χ2n) is 5.07. The van der Waals surface area contributed by atoms with Crippen LogP contribution in [-0.2, 0) is 11.3 Å². The molecule has 0 saturated carbocycles. The van der Waals surface area contributed by atoms with Crippen molar-refractivity contribution < 1.29 is 4.74 Å². The van der Waals surface area contributed by atoms with E-state index in [2.05, 4.69) is 35.2 Å². The molecule has 1 unspecified atom stereocenters. The lowest BCUT2D eigenvalue weighted by Crippen LogP contribution is -2.31. The summed E-state index contributed by atoms with van der Waals surface area (Å²) in [6, 6.07) is 10.6. The Morgan fingerprint density at radius 2 is 2.00 bits per heavy atom. The van der Waals surface area contributed by atoms with Crippen LogP contribution in [0.1, 0.15) is 18.4 Å². The number of benzene rings is 1. The van der Waals surface area contributed by atoms with Crippen molar-refractivity contribution in [2.75, 3.05) is 32.8 Å². The second kappa shape index (κ2) is 9.32. The van der Waals surface area contributed by atoms with Crippen molar-refractivity contribution in [3.63, 3.8) is 0 Å². The van der Waals surface area contributed by atoms with Gasteiger partial charge in [-0.05, 0) is 30.9 Å². The first-order valence-electron chi connectivity index (χ1n) is 6.92. The number of ether oxygens (including phenoxy) is 1. The maximum atomic E-state index is 5.70. The van der Waals surface area contributed by atoms with Crippen LogP contribution in [0.3, 0.4) is 0 Å². The van der Waals surface area contributed by atoms with Gasteiger partial charge in [0.25, 0.3) is 0 Å². The summed E-state index contributed by atoms with van der Waals surface area (Å²) in [6.45, 7) is 5.73. The summed E-state index contributed by atoms with van der Waals surface area (Å²) < 4.78 is 5.42. The van der Waals surface area contributed by atoms with Gasteiger partial charge in [0, 0.05) is 32.8 Å². The van der Waals surface area contributed by atoms with Gasteiger partial charge >= 0.3 is 0 Å². The van der Waals surface area contributed by atoms with Gasteiger partial charge in [0.15, 0.2) is 0 Å². The SMILES string of the molecule is Cl.NCCN(CCC1CCOC1)Cc1ccccc1. The molecule has 1 aliphatic heterocycles. The van der Waals surface area contributed by atoms with Gasteiger partial charge in [-0.2, -0.15) is 0 Å². The van der Waals surface area contributed by atoms with Gasteiger partial charge in [0.05, 0.1) is 0 Å². The van der Waals surface area contributed by atoms with Crippen molar-refractivity contribution in [3.8, 4) is 0 Å². The molecule has 0 aromatic heterocycles. The van der Waals surface area contributed by atoms with E-state index in [0.717, 1.165) is 45.3 Å². The molecule has 1 fully saturated rings. The molecule has 0 aliphatic carbocycles. The summed E-state index contributed by atoms with van der Waals surface area (Å²) in [7, 11) is 0. The minimum atomic E-state index is 0. The van der Waals surface area contributed by atoms with Gasteiger partial charge in [0.2, 0.25) is 0 Å². The third-order valence-electron chi connectivity index (χ3n) is 3.57. The summed E-state index contributed by atoms with van der Waals surface area (Å²) in [5.74, 6) is 0.751. The smallest absolute Gasteiger partial charge is 0.0495 e. The maximum Gasteiger partial charge on any atom is 0.0495 e. The molecular weight excluding hydrogens is 260 g/mol. The van der Waals surface area contributed by atoms with Crippen LogP contribution in [0, 0.1) is 5.92 Å². The van der Waals surface area contributed by atoms with Crippen LogP contribution in [-0.4, -0.2) is 37.7 Å². The molecular formula is C15H25ClN2O. The molecule has 0 spiro atoms. The zero-order chi connectivity index (χ0) is 12.6. The highest BCUT2D eigenvalue weighted by Crippen LogP contribution is 2.17. The second-order valence-corrected chi connectivity index (χ2v) is 5.07. The van der Waals surface area contributed by atoms with Crippen LogP contribution in [0.2, 0.25) is 0 Å².